The monoisotopic (exact) mass is 187 g/mol. The summed E-state index contributed by atoms with van der Waals surface area (Å²) in [4.78, 5) is 2.20. The van der Waals surface area contributed by atoms with Crippen molar-refractivity contribution >= 4 is 9.84 Å². The third-order valence-corrected chi connectivity index (χ3v) is 3.76. The number of piperidine rings is 1. The van der Waals surface area contributed by atoms with Crippen LogP contribution in [0.15, 0.2) is 11.1 Å². The third-order valence-electron chi connectivity index (χ3n) is 2.43. The van der Waals surface area contributed by atoms with Crippen LogP contribution in [0.2, 0.25) is 0 Å². The first-order valence-corrected chi connectivity index (χ1v) is 6.07. The average molecular weight is 187 g/mol. The molecule has 12 heavy (non-hydrogen) atoms. The molecule has 1 saturated heterocycles. The number of likely N-dealkylation sites (tertiary alicyclic amines) is 1. The standard InChI is InChI=1S/C8H13NO2S/c10-12(11)6-8(7-12)9-4-2-1-3-5-9/h6H,1-5,7H2. The van der Waals surface area contributed by atoms with E-state index in [-0.39, 0.29) is 5.75 Å². The summed E-state index contributed by atoms with van der Waals surface area (Å²) in [6.07, 6.45) is 3.70. The molecule has 4 heteroatoms. The molecule has 0 N–H and O–H groups in total. The normalized spacial score (nSPS) is 27.7. The maximum atomic E-state index is 10.8. The van der Waals surface area contributed by atoms with E-state index in [0.717, 1.165) is 18.8 Å². The van der Waals surface area contributed by atoms with Crippen molar-refractivity contribution in [3.63, 3.8) is 0 Å². The first-order chi connectivity index (χ1) is 5.67. The maximum Gasteiger partial charge on any atom is 0.178 e. The van der Waals surface area contributed by atoms with E-state index in [2.05, 4.69) is 4.90 Å². The zero-order valence-corrected chi connectivity index (χ0v) is 7.81. The van der Waals surface area contributed by atoms with Gasteiger partial charge >= 0.3 is 0 Å². The SMILES string of the molecule is O=S1(=O)C=C(N2CCCCC2)C1. The lowest BCUT2D eigenvalue weighted by Crippen LogP contribution is -2.36. The highest BCUT2D eigenvalue weighted by Crippen LogP contribution is 2.23. The van der Waals surface area contributed by atoms with Crippen LogP contribution in [0.25, 0.3) is 0 Å². The van der Waals surface area contributed by atoms with Crippen LogP contribution < -0.4 is 0 Å². The van der Waals surface area contributed by atoms with Crippen molar-refractivity contribution in [2.24, 2.45) is 0 Å². The average Bonchev–Trinajstić information content (AvgIpc) is 2.02. The Balaban J connectivity index is 2.03. The van der Waals surface area contributed by atoms with Crippen LogP contribution in [0.1, 0.15) is 19.3 Å². The topological polar surface area (TPSA) is 37.4 Å². The van der Waals surface area contributed by atoms with Crippen molar-refractivity contribution in [3.8, 4) is 0 Å². The second-order valence-corrected chi connectivity index (χ2v) is 5.31. The largest absolute Gasteiger partial charge is 0.373 e. The van der Waals surface area contributed by atoms with Crippen LogP contribution in [-0.4, -0.2) is 32.2 Å². The van der Waals surface area contributed by atoms with E-state index in [4.69, 9.17) is 0 Å². The molecule has 2 aliphatic rings. The minimum atomic E-state index is -2.78. The van der Waals surface area contributed by atoms with Crippen molar-refractivity contribution in [1.29, 1.82) is 0 Å². The molecule has 0 aromatic rings. The summed E-state index contributed by atoms with van der Waals surface area (Å²) < 4.78 is 21.7. The van der Waals surface area contributed by atoms with E-state index < -0.39 is 9.84 Å². The molecule has 0 saturated carbocycles. The molecule has 0 radical (unpaired) electrons. The second kappa shape index (κ2) is 2.76. The number of hydrogen-bond acceptors (Lipinski definition) is 3. The summed E-state index contributed by atoms with van der Waals surface area (Å²) in [6.45, 7) is 2.09. The Kier molecular flexibility index (Phi) is 1.87. The van der Waals surface area contributed by atoms with E-state index in [1.807, 2.05) is 0 Å². The van der Waals surface area contributed by atoms with Crippen molar-refractivity contribution < 1.29 is 8.42 Å². The highest BCUT2D eigenvalue weighted by Gasteiger charge is 2.27. The molecule has 0 aromatic heterocycles. The van der Waals surface area contributed by atoms with Gasteiger partial charge in [0.15, 0.2) is 9.84 Å². The number of nitrogens with zero attached hydrogens (tertiary/aromatic N) is 1. The molecule has 0 aliphatic carbocycles. The van der Waals surface area contributed by atoms with Crippen molar-refractivity contribution in [1.82, 2.24) is 4.90 Å². The Bertz CT molecular complexity index is 299. The van der Waals surface area contributed by atoms with Crippen molar-refractivity contribution in [2.75, 3.05) is 18.8 Å². The van der Waals surface area contributed by atoms with Crippen molar-refractivity contribution in [3.05, 3.63) is 11.1 Å². The predicted octanol–water partition coefficient (Wildman–Crippen LogP) is 0.742. The Labute approximate surface area is 73.0 Å². The maximum absolute atomic E-state index is 10.8. The van der Waals surface area contributed by atoms with E-state index in [0.29, 0.717) is 0 Å². The number of hydrogen-bond donors (Lipinski definition) is 0. The lowest BCUT2D eigenvalue weighted by molar-refractivity contribution is 0.284. The van der Waals surface area contributed by atoms with E-state index in [1.54, 1.807) is 0 Å². The van der Waals surface area contributed by atoms with Gasteiger partial charge in [-0.3, -0.25) is 0 Å². The Hall–Kier alpha value is -0.510. The molecule has 0 unspecified atom stereocenters. The quantitative estimate of drug-likeness (QED) is 0.607. The summed E-state index contributed by atoms with van der Waals surface area (Å²) in [5.74, 6) is 0.271. The second-order valence-electron chi connectivity index (χ2n) is 3.46. The summed E-state index contributed by atoms with van der Waals surface area (Å²) in [5, 5.41) is 1.42. The molecule has 68 valence electrons. The zero-order valence-electron chi connectivity index (χ0n) is 6.99. The summed E-state index contributed by atoms with van der Waals surface area (Å²) in [5.41, 5.74) is 1.02. The van der Waals surface area contributed by atoms with Gasteiger partial charge in [-0.25, -0.2) is 8.42 Å². The van der Waals surface area contributed by atoms with Gasteiger partial charge in [-0.05, 0) is 19.3 Å². The molecule has 3 nitrogen and oxygen atoms in total. The zero-order chi connectivity index (χ0) is 8.60. The minimum absolute atomic E-state index is 0.271. The van der Waals surface area contributed by atoms with Crippen LogP contribution >= 0.6 is 0 Å². The van der Waals surface area contributed by atoms with Crippen LogP contribution in [0.5, 0.6) is 0 Å². The molecule has 2 rings (SSSR count). The number of sulfone groups is 1. The first-order valence-electron chi connectivity index (χ1n) is 4.36. The van der Waals surface area contributed by atoms with Gasteiger partial charge in [-0.15, -0.1) is 0 Å². The van der Waals surface area contributed by atoms with Gasteiger partial charge < -0.3 is 4.90 Å². The van der Waals surface area contributed by atoms with E-state index in [1.165, 1.54) is 24.7 Å². The molecule has 0 bridgehead atoms. The Morgan fingerprint density at radius 3 is 2.25 bits per heavy atom. The summed E-state index contributed by atoms with van der Waals surface area (Å²) in [7, 11) is -2.78. The molecule has 2 aliphatic heterocycles. The smallest absolute Gasteiger partial charge is 0.178 e. The van der Waals surface area contributed by atoms with Crippen LogP contribution in [0, 0.1) is 0 Å². The Morgan fingerprint density at radius 2 is 1.75 bits per heavy atom. The molecule has 0 spiro atoms. The van der Waals surface area contributed by atoms with Crippen LogP contribution in [0.3, 0.4) is 0 Å². The predicted molar refractivity (Wildman–Crippen MR) is 47.3 cm³/mol. The molecule has 0 aromatic carbocycles. The van der Waals surface area contributed by atoms with Gasteiger partial charge in [0.05, 0.1) is 11.2 Å². The Morgan fingerprint density at radius 1 is 1.17 bits per heavy atom. The van der Waals surface area contributed by atoms with Crippen LogP contribution in [0.4, 0.5) is 0 Å². The number of rotatable bonds is 1. The first kappa shape index (κ1) is 8.10. The highest BCUT2D eigenvalue weighted by molar-refractivity contribution is 7.95. The van der Waals surface area contributed by atoms with Gasteiger partial charge in [0.2, 0.25) is 0 Å². The van der Waals surface area contributed by atoms with Crippen LogP contribution in [-0.2, 0) is 9.84 Å². The highest BCUT2D eigenvalue weighted by atomic mass is 32.2. The summed E-state index contributed by atoms with van der Waals surface area (Å²) in [6, 6.07) is 0. The summed E-state index contributed by atoms with van der Waals surface area (Å²) >= 11 is 0. The fraction of sp³-hybridized carbons (Fsp3) is 0.750. The van der Waals surface area contributed by atoms with Crippen molar-refractivity contribution in [2.45, 2.75) is 19.3 Å². The van der Waals surface area contributed by atoms with Gasteiger partial charge in [0.1, 0.15) is 0 Å². The van der Waals surface area contributed by atoms with Gasteiger partial charge in [0, 0.05) is 18.8 Å². The minimum Gasteiger partial charge on any atom is -0.373 e. The molecular formula is C8H13NO2S. The molecule has 0 atom stereocenters. The lowest BCUT2D eigenvalue weighted by atomic mass is 10.1. The van der Waals surface area contributed by atoms with Gasteiger partial charge in [0.25, 0.3) is 0 Å². The molecule has 2 heterocycles. The fourth-order valence-electron chi connectivity index (χ4n) is 1.74. The van der Waals surface area contributed by atoms with E-state index >= 15 is 0 Å². The van der Waals surface area contributed by atoms with Gasteiger partial charge in [-0.2, -0.15) is 0 Å². The molecular weight excluding hydrogens is 174 g/mol. The molecule has 0 amide bonds. The van der Waals surface area contributed by atoms with Gasteiger partial charge in [-0.1, -0.05) is 0 Å². The molecule has 1 fully saturated rings. The fourth-order valence-corrected chi connectivity index (χ4v) is 2.85. The third kappa shape index (κ3) is 1.48. The lowest BCUT2D eigenvalue weighted by Gasteiger charge is -2.33. The van der Waals surface area contributed by atoms with E-state index in [9.17, 15) is 8.42 Å².